The quantitative estimate of drug-likeness (QED) is 0.643. The van der Waals surface area contributed by atoms with Gasteiger partial charge >= 0.3 is 5.69 Å². The van der Waals surface area contributed by atoms with Crippen LogP contribution < -0.4 is 5.69 Å². The van der Waals surface area contributed by atoms with Crippen molar-refractivity contribution < 1.29 is 4.79 Å². The summed E-state index contributed by atoms with van der Waals surface area (Å²) in [6.07, 6.45) is 0. The minimum Gasteiger partial charge on any atom is -0.306 e. The van der Waals surface area contributed by atoms with Gasteiger partial charge in [0.25, 0.3) is 0 Å². The lowest BCUT2D eigenvalue weighted by Gasteiger charge is -2.02. The van der Waals surface area contributed by atoms with Crippen molar-refractivity contribution in [3.8, 4) is 0 Å². The minimum atomic E-state index is -0.287. The molecule has 0 spiro atoms. The first-order valence-electron chi connectivity index (χ1n) is 5.26. The first-order chi connectivity index (χ1) is 9.04. The smallest absolute Gasteiger partial charge is 0.306 e. The first kappa shape index (κ1) is 12.8. The number of ketones is 1. The molecule has 0 aliphatic heterocycles. The Morgan fingerprint density at radius 2 is 1.79 bits per heavy atom. The highest BCUT2D eigenvalue weighted by Crippen LogP contribution is 2.28. The van der Waals surface area contributed by atoms with E-state index in [0.29, 0.717) is 25.9 Å². The first-order valence-corrected chi connectivity index (χ1v) is 7.66. The highest BCUT2D eigenvalue weighted by atomic mass is 79.9. The molecule has 0 saturated heterocycles. The molecule has 2 heterocycles. The lowest BCUT2D eigenvalue weighted by molar-refractivity contribution is 0.104. The Kier molecular flexibility index (Phi) is 3.20. The van der Waals surface area contributed by atoms with E-state index in [4.69, 9.17) is 0 Å². The van der Waals surface area contributed by atoms with Crippen LogP contribution in [0.3, 0.4) is 0 Å². The Balaban J connectivity index is 2.16. The Hall–Kier alpha value is -1.18. The van der Waals surface area contributed by atoms with Crippen molar-refractivity contribution in [2.45, 2.75) is 0 Å². The Labute approximate surface area is 128 Å². The number of aromatic nitrogens is 2. The average Bonchev–Trinajstić information content (AvgIpc) is 2.92. The lowest BCUT2D eigenvalue weighted by Crippen LogP contribution is -2.00. The topological polar surface area (TPSA) is 65.7 Å². The van der Waals surface area contributed by atoms with Crippen molar-refractivity contribution in [2.24, 2.45) is 0 Å². The highest BCUT2D eigenvalue weighted by molar-refractivity contribution is 9.11. The molecule has 96 valence electrons. The molecular formula is C12H6Br2N2O2S. The van der Waals surface area contributed by atoms with Crippen molar-refractivity contribution in [1.82, 2.24) is 9.97 Å². The van der Waals surface area contributed by atoms with Crippen LogP contribution in [0.4, 0.5) is 0 Å². The number of fused-ring (bicyclic) bond motifs is 1. The third-order valence-electron chi connectivity index (χ3n) is 2.65. The highest BCUT2D eigenvalue weighted by Gasteiger charge is 2.16. The summed E-state index contributed by atoms with van der Waals surface area (Å²) in [5.41, 5.74) is 1.52. The second kappa shape index (κ2) is 4.73. The molecule has 0 radical (unpaired) electrons. The number of aromatic amines is 2. The molecule has 7 heteroatoms. The third-order valence-corrected chi connectivity index (χ3v) is 4.92. The number of carbonyl (C=O) groups excluding carboxylic acids is 1. The zero-order valence-corrected chi connectivity index (χ0v) is 13.3. The van der Waals surface area contributed by atoms with Gasteiger partial charge in [0.05, 0.1) is 19.7 Å². The normalized spacial score (nSPS) is 11.1. The number of imidazole rings is 1. The van der Waals surface area contributed by atoms with Gasteiger partial charge in [0.1, 0.15) is 0 Å². The lowest BCUT2D eigenvalue weighted by atomic mass is 10.1. The van der Waals surface area contributed by atoms with Crippen LogP contribution in [0.2, 0.25) is 0 Å². The van der Waals surface area contributed by atoms with Crippen LogP contribution in [0.25, 0.3) is 11.0 Å². The van der Waals surface area contributed by atoms with Gasteiger partial charge in [-0.15, -0.1) is 11.3 Å². The average molecular weight is 402 g/mol. The molecule has 1 aromatic carbocycles. The van der Waals surface area contributed by atoms with Gasteiger partial charge < -0.3 is 9.97 Å². The number of benzene rings is 1. The van der Waals surface area contributed by atoms with E-state index in [2.05, 4.69) is 41.8 Å². The van der Waals surface area contributed by atoms with Crippen molar-refractivity contribution in [1.29, 1.82) is 0 Å². The van der Waals surface area contributed by atoms with E-state index < -0.39 is 0 Å². The van der Waals surface area contributed by atoms with Gasteiger partial charge in [-0.3, -0.25) is 4.79 Å². The van der Waals surface area contributed by atoms with Crippen molar-refractivity contribution in [3.63, 3.8) is 0 Å². The molecule has 0 fully saturated rings. The van der Waals surface area contributed by atoms with E-state index >= 15 is 0 Å². The molecule has 0 unspecified atom stereocenters. The predicted octanol–water partition coefficient (Wildman–Crippen LogP) is 3.67. The largest absolute Gasteiger partial charge is 0.323 e. The number of carbonyl (C=O) groups is 1. The van der Waals surface area contributed by atoms with E-state index in [1.54, 1.807) is 18.2 Å². The van der Waals surface area contributed by atoms with Gasteiger partial charge in [0.15, 0.2) is 0 Å². The third kappa shape index (κ3) is 2.33. The maximum absolute atomic E-state index is 12.4. The van der Waals surface area contributed by atoms with Gasteiger partial charge in [0.2, 0.25) is 5.78 Å². The van der Waals surface area contributed by atoms with Crippen LogP contribution in [-0.2, 0) is 0 Å². The number of halogens is 2. The fraction of sp³-hybridized carbons (Fsp3) is 0. The number of nitrogens with one attached hydrogen (secondary N) is 2. The van der Waals surface area contributed by atoms with Crippen molar-refractivity contribution >= 4 is 60.0 Å². The predicted molar refractivity (Wildman–Crippen MR) is 82.1 cm³/mol. The summed E-state index contributed by atoms with van der Waals surface area (Å²) in [5.74, 6) is -0.0773. The van der Waals surface area contributed by atoms with Gasteiger partial charge in [-0.1, -0.05) is 0 Å². The summed E-state index contributed by atoms with van der Waals surface area (Å²) in [4.78, 5) is 29.6. The molecule has 0 aliphatic rings. The molecule has 0 bridgehead atoms. The number of hydrogen-bond donors (Lipinski definition) is 2. The summed E-state index contributed by atoms with van der Waals surface area (Å²) in [6.45, 7) is 0. The summed E-state index contributed by atoms with van der Waals surface area (Å²) in [5, 5.41) is 0. The van der Waals surface area contributed by atoms with Gasteiger partial charge in [-0.05, 0) is 56.1 Å². The molecule has 2 aromatic heterocycles. The number of rotatable bonds is 2. The SMILES string of the molecule is O=C(c1ccc(Br)s1)c1cc2[nH]c(=O)[nH]c2cc1Br. The van der Waals surface area contributed by atoms with Crippen LogP contribution in [0.15, 0.2) is 37.3 Å². The number of thiophene rings is 1. The van der Waals surface area contributed by atoms with Crippen LogP contribution in [0.1, 0.15) is 15.2 Å². The fourth-order valence-corrected chi connectivity index (χ4v) is 3.66. The fourth-order valence-electron chi connectivity index (χ4n) is 1.80. The van der Waals surface area contributed by atoms with Crippen LogP contribution in [0.5, 0.6) is 0 Å². The Morgan fingerprint density at radius 1 is 1.11 bits per heavy atom. The summed E-state index contributed by atoms with van der Waals surface area (Å²) < 4.78 is 1.56. The monoisotopic (exact) mass is 400 g/mol. The zero-order valence-electron chi connectivity index (χ0n) is 9.29. The molecule has 0 atom stereocenters. The van der Waals surface area contributed by atoms with Crippen molar-refractivity contribution in [2.75, 3.05) is 0 Å². The number of H-pyrrole nitrogens is 2. The van der Waals surface area contributed by atoms with E-state index in [1.165, 1.54) is 11.3 Å². The molecule has 3 rings (SSSR count). The number of hydrogen-bond acceptors (Lipinski definition) is 3. The molecule has 4 nitrogen and oxygen atoms in total. The second-order valence-electron chi connectivity index (χ2n) is 3.89. The minimum absolute atomic E-state index is 0.0773. The summed E-state index contributed by atoms with van der Waals surface area (Å²) in [6, 6.07) is 7.01. The molecule has 0 aliphatic carbocycles. The van der Waals surface area contributed by atoms with Crippen LogP contribution in [0, 0.1) is 0 Å². The van der Waals surface area contributed by atoms with Crippen molar-refractivity contribution in [3.05, 3.63) is 53.4 Å². The maximum Gasteiger partial charge on any atom is 0.323 e. The van der Waals surface area contributed by atoms with E-state index in [9.17, 15) is 9.59 Å². The Bertz CT molecular complexity index is 847. The molecular weight excluding hydrogens is 396 g/mol. The molecule has 0 saturated carbocycles. The summed E-state index contributed by atoms with van der Waals surface area (Å²) >= 11 is 8.08. The van der Waals surface area contributed by atoms with Gasteiger partial charge in [-0.25, -0.2) is 4.79 Å². The second-order valence-corrected chi connectivity index (χ2v) is 7.21. The molecule has 19 heavy (non-hydrogen) atoms. The van der Waals surface area contributed by atoms with Gasteiger partial charge in [0, 0.05) is 10.0 Å². The van der Waals surface area contributed by atoms with Crippen LogP contribution >= 0.6 is 43.2 Å². The molecule has 2 N–H and O–H groups in total. The zero-order chi connectivity index (χ0) is 13.6. The van der Waals surface area contributed by atoms with E-state index in [0.717, 1.165) is 3.79 Å². The molecule has 0 amide bonds. The van der Waals surface area contributed by atoms with Crippen LogP contribution in [-0.4, -0.2) is 15.8 Å². The van der Waals surface area contributed by atoms with Gasteiger partial charge in [-0.2, -0.15) is 0 Å². The maximum atomic E-state index is 12.4. The van der Waals surface area contributed by atoms with E-state index in [-0.39, 0.29) is 11.5 Å². The van der Waals surface area contributed by atoms with E-state index in [1.807, 2.05) is 6.07 Å². The Morgan fingerprint density at radius 3 is 2.42 bits per heavy atom. The standard InChI is InChI=1S/C12H6Br2N2O2S/c13-6-4-8-7(15-12(18)16-8)3-5(6)11(17)9-1-2-10(14)19-9/h1-4H,(H2,15,16,18). The summed E-state index contributed by atoms with van der Waals surface area (Å²) in [7, 11) is 0. The molecule has 3 aromatic rings.